The second kappa shape index (κ2) is 11.0. The van der Waals surface area contributed by atoms with Crippen LogP contribution in [-0.4, -0.2) is 67.6 Å². The SMILES string of the molecule is COCCN1CCN(c2nc(O)c(C(Cc3ccc(Cl)cc3C(F)(F)F)=c3ccc4c(c3)C=NN=4)s2)CC1. The van der Waals surface area contributed by atoms with E-state index in [-0.39, 0.29) is 22.9 Å². The Bertz CT molecular complexity index is 1480. The average Bonchev–Trinajstić information content (AvgIpc) is 3.52. The van der Waals surface area contributed by atoms with E-state index in [1.165, 1.54) is 23.5 Å². The minimum Gasteiger partial charge on any atom is -0.492 e. The summed E-state index contributed by atoms with van der Waals surface area (Å²) in [6.45, 7) is 4.58. The van der Waals surface area contributed by atoms with E-state index in [9.17, 15) is 18.3 Å². The number of benzene rings is 2. The molecule has 0 aliphatic carbocycles. The quantitative estimate of drug-likeness (QED) is 0.475. The van der Waals surface area contributed by atoms with Gasteiger partial charge in [-0.05, 0) is 40.6 Å². The zero-order valence-electron chi connectivity index (χ0n) is 20.5. The number of thiazole rings is 1. The van der Waals surface area contributed by atoms with E-state index in [0.717, 1.165) is 44.4 Å². The van der Waals surface area contributed by atoms with E-state index in [4.69, 9.17) is 16.3 Å². The molecule has 3 heterocycles. The van der Waals surface area contributed by atoms with Crippen LogP contribution in [0.4, 0.5) is 18.3 Å². The highest BCUT2D eigenvalue weighted by Gasteiger charge is 2.34. The molecule has 2 aliphatic rings. The molecule has 0 radical (unpaired) electrons. The fraction of sp³-hybridized carbons (Fsp3) is 0.346. The molecular weight excluding hydrogens is 539 g/mol. The van der Waals surface area contributed by atoms with Crippen LogP contribution >= 0.6 is 22.9 Å². The molecule has 5 rings (SSSR count). The Morgan fingerprint density at radius 1 is 1.13 bits per heavy atom. The van der Waals surface area contributed by atoms with Crippen LogP contribution in [0.2, 0.25) is 5.02 Å². The zero-order valence-corrected chi connectivity index (χ0v) is 22.1. The van der Waals surface area contributed by atoms with E-state index in [0.29, 0.717) is 32.8 Å². The molecule has 0 atom stereocenters. The Morgan fingerprint density at radius 2 is 1.92 bits per heavy atom. The number of hydrogen-bond donors (Lipinski definition) is 1. The highest BCUT2D eigenvalue weighted by molar-refractivity contribution is 7.17. The largest absolute Gasteiger partial charge is 0.492 e. The summed E-state index contributed by atoms with van der Waals surface area (Å²) in [5.74, 6) is -0.205. The van der Waals surface area contributed by atoms with Crippen molar-refractivity contribution in [1.82, 2.24) is 9.88 Å². The molecule has 2 aromatic carbocycles. The number of aromatic hydroxyl groups is 1. The Labute approximate surface area is 226 Å². The van der Waals surface area contributed by atoms with Crippen molar-refractivity contribution in [2.45, 2.75) is 12.6 Å². The highest BCUT2D eigenvalue weighted by Crippen LogP contribution is 2.39. The number of alkyl halides is 3. The number of ether oxygens (including phenoxy) is 1. The lowest BCUT2D eigenvalue weighted by atomic mass is 9.96. The van der Waals surface area contributed by atoms with Crippen molar-refractivity contribution < 1.29 is 23.0 Å². The molecule has 3 aromatic rings. The van der Waals surface area contributed by atoms with Crippen LogP contribution in [0.5, 0.6) is 5.88 Å². The molecule has 2 aliphatic heterocycles. The Hall–Kier alpha value is -2.99. The van der Waals surface area contributed by atoms with Crippen molar-refractivity contribution in [1.29, 1.82) is 0 Å². The molecule has 0 saturated carbocycles. The topological polar surface area (TPSA) is 73.5 Å². The Morgan fingerprint density at radius 3 is 2.66 bits per heavy atom. The molecule has 0 spiro atoms. The fourth-order valence-electron chi connectivity index (χ4n) is 4.58. The lowest BCUT2D eigenvalue weighted by Gasteiger charge is -2.34. The van der Waals surface area contributed by atoms with Crippen molar-refractivity contribution in [3.8, 4) is 5.88 Å². The summed E-state index contributed by atoms with van der Waals surface area (Å²) in [7, 11) is 1.68. The van der Waals surface area contributed by atoms with E-state index in [2.05, 4.69) is 25.0 Å². The van der Waals surface area contributed by atoms with Crippen molar-refractivity contribution >= 4 is 39.9 Å². The molecule has 38 heavy (non-hydrogen) atoms. The molecule has 0 bridgehead atoms. The summed E-state index contributed by atoms with van der Waals surface area (Å²) in [6.07, 6.45) is -3.07. The number of halogens is 4. The van der Waals surface area contributed by atoms with Crippen molar-refractivity contribution in [2.24, 2.45) is 10.2 Å². The number of rotatable bonds is 7. The van der Waals surface area contributed by atoms with Gasteiger partial charge in [-0.1, -0.05) is 35.1 Å². The predicted octanol–water partition coefficient (Wildman–Crippen LogP) is 3.70. The van der Waals surface area contributed by atoms with Gasteiger partial charge in [0.25, 0.3) is 0 Å². The first kappa shape index (κ1) is 26.6. The standard InChI is InChI=1S/C26H25ClF3N5O2S/c1-37-11-10-34-6-8-35(9-7-34)25-32-24(36)23(38-25)20(16-3-5-22-18(12-16)15-31-33-22)13-17-2-4-19(27)14-21(17)26(28,29)30/h2-5,12,14-15,36H,6-11,13H2,1H3. The predicted molar refractivity (Wildman–Crippen MR) is 142 cm³/mol. The number of hydrogen-bond acceptors (Lipinski definition) is 8. The van der Waals surface area contributed by atoms with Gasteiger partial charge in [0.15, 0.2) is 5.13 Å². The molecule has 1 aromatic heterocycles. The van der Waals surface area contributed by atoms with Gasteiger partial charge >= 0.3 is 6.18 Å². The minimum atomic E-state index is -4.59. The molecule has 1 fully saturated rings. The average molecular weight is 564 g/mol. The van der Waals surface area contributed by atoms with Gasteiger partial charge in [0, 0.05) is 56.8 Å². The van der Waals surface area contributed by atoms with E-state index >= 15 is 0 Å². The number of fused-ring (bicyclic) bond motifs is 1. The molecular formula is C26H25ClF3N5O2S. The van der Waals surface area contributed by atoms with Crippen molar-refractivity contribution in [3.63, 3.8) is 0 Å². The molecule has 7 nitrogen and oxygen atoms in total. The summed E-state index contributed by atoms with van der Waals surface area (Å²) in [6, 6.07) is 9.13. The Balaban J connectivity index is 1.55. The second-order valence-electron chi connectivity index (χ2n) is 9.04. The number of nitrogens with zero attached hydrogens (tertiary/aromatic N) is 5. The molecule has 1 N–H and O–H groups in total. The second-order valence-corrected chi connectivity index (χ2v) is 10.5. The van der Waals surface area contributed by atoms with Crippen LogP contribution < -0.4 is 15.5 Å². The third-order valence-electron chi connectivity index (χ3n) is 6.61. The minimum absolute atomic E-state index is 0.00513. The molecule has 1 saturated heterocycles. The van der Waals surface area contributed by atoms with E-state index in [1.807, 2.05) is 6.07 Å². The van der Waals surface area contributed by atoms with Crippen LogP contribution in [0.1, 0.15) is 21.6 Å². The lowest BCUT2D eigenvalue weighted by molar-refractivity contribution is -0.138. The number of methoxy groups -OCH3 is 1. The maximum absolute atomic E-state index is 13.9. The summed E-state index contributed by atoms with van der Waals surface area (Å²) in [4.78, 5) is 9.23. The summed E-state index contributed by atoms with van der Waals surface area (Å²) < 4.78 is 46.9. The van der Waals surface area contributed by atoms with E-state index in [1.54, 1.807) is 25.5 Å². The lowest BCUT2D eigenvalue weighted by Crippen LogP contribution is -2.47. The molecule has 0 unspecified atom stereocenters. The maximum Gasteiger partial charge on any atom is 0.416 e. The van der Waals surface area contributed by atoms with Crippen LogP contribution in [-0.2, 0) is 17.3 Å². The van der Waals surface area contributed by atoms with Crippen LogP contribution in [0.3, 0.4) is 0 Å². The maximum atomic E-state index is 13.9. The van der Waals surface area contributed by atoms with Crippen LogP contribution in [0.25, 0.3) is 5.57 Å². The fourth-order valence-corrected chi connectivity index (χ4v) is 5.83. The first-order chi connectivity index (χ1) is 18.2. The van der Waals surface area contributed by atoms with Crippen LogP contribution in [0.15, 0.2) is 46.6 Å². The molecule has 200 valence electrons. The van der Waals surface area contributed by atoms with Gasteiger partial charge in [0.05, 0.1) is 28.6 Å². The van der Waals surface area contributed by atoms with Crippen molar-refractivity contribution in [2.75, 3.05) is 51.3 Å². The summed E-state index contributed by atoms with van der Waals surface area (Å²) >= 11 is 7.19. The van der Waals surface area contributed by atoms with Gasteiger partial charge in [0.1, 0.15) is 0 Å². The van der Waals surface area contributed by atoms with Gasteiger partial charge < -0.3 is 14.7 Å². The number of aromatic nitrogens is 1. The van der Waals surface area contributed by atoms with Gasteiger partial charge in [0.2, 0.25) is 5.88 Å². The molecule has 0 amide bonds. The Kier molecular flexibility index (Phi) is 7.71. The third kappa shape index (κ3) is 5.70. The monoisotopic (exact) mass is 563 g/mol. The smallest absolute Gasteiger partial charge is 0.416 e. The zero-order chi connectivity index (χ0) is 26.9. The van der Waals surface area contributed by atoms with Gasteiger partial charge in [-0.25, -0.2) is 0 Å². The van der Waals surface area contributed by atoms with Crippen molar-refractivity contribution in [3.05, 3.63) is 73.6 Å². The third-order valence-corrected chi connectivity index (χ3v) is 8.01. The normalized spacial score (nSPS) is 16.5. The van der Waals surface area contributed by atoms with Gasteiger partial charge in [-0.3, -0.25) is 4.90 Å². The highest BCUT2D eigenvalue weighted by atomic mass is 35.5. The first-order valence-corrected chi connectivity index (χ1v) is 13.2. The van der Waals surface area contributed by atoms with Crippen LogP contribution in [0, 0.1) is 0 Å². The summed E-state index contributed by atoms with van der Waals surface area (Å²) in [5.41, 5.74) is 0.526. The molecule has 12 heteroatoms. The van der Waals surface area contributed by atoms with Gasteiger partial charge in [-0.15, -0.1) is 0 Å². The summed E-state index contributed by atoms with van der Waals surface area (Å²) in [5, 5.41) is 20.9. The first-order valence-electron chi connectivity index (χ1n) is 12.0. The number of piperazine rings is 1. The van der Waals surface area contributed by atoms with E-state index < -0.39 is 11.7 Å². The number of anilines is 1. The van der Waals surface area contributed by atoms with Gasteiger partial charge in [-0.2, -0.15) is 28.4 Å².